The monoisotopic (exact) mass is 216 g/mol. The molecule has 0 saturated heterocycles. The summed E-state index contributed by atoms with van der Waals surface area (Å²) in [7, 11) is -0.488. The highest BCUT2D eigenvalue weighted by Gasteiger charge is 1.97. The molecule has 0 unspecified atom stereocenters. The van der Waals surface area contributed by atoms with Crippen LogP contribution in [0.25, 0.3) is 0 Å². The molecule has 15 heavy (non-hydrogen) atoms. The van der Waals surface area contributed by atoms with Gasteiger partial charge in [0.05, 0.1) is 9.52 Å². The fourth-order valence-electron chi connectivity index (χ4n) is 1.46. The van der Waals surface area contributed by atoms with Gasteiger partial charge in [0.1, 0.15) is 11.5 Å². The second-order valence-electron chi connectivity index (χ2n) is 3.51. The molecule has 2 rings (SSSR count). The van der Waals surface area contributed by atoms with Crippen molar-refractivity contribution >= 4 is 19.9 Å². The van der Waals surface area contributed by atoms with Crippen LogP contribution in [-0.2, 0) is 0 Å². The molecule has 2 N–H and O–H groups in total. The molecular weight excluding hydrogens is 204 g/mol. The minimum atomic E-state index is -0.488. The summed E-state index contributed by atoms with van der Waals surface area (Å²) in [6.07, 6.45) is 0. The van der Waals surface area contributed by atoms with Gasteiger partial charge in [-0.1, -0.05) is 34.6 Å². The molecule has 0 atom stereocenters. The summed E-state index contributed by atoms with van der Waals surface area (Å²) in [5, 5.41) is 20.8. The Bertz CT molecular complexity index is 391. The zero-order valence-corrected chi connectivity index (χ0v) is 9.63. The van der Waals surface area contributed by atoms with Crippen molar-refractivity contribution in [3.8, 4) is 11.5 Å². The zero-order chi connectivity index (χ0) is 10.7. The Morgan fingerprint density at radius 2 is 0.933 bits per heavy atom. The molecule has 2 aromatic carbocycles. The molecule has 0 aliphatic heterocycles. The molecule has 0 bridgehead atoms. The van der Waals surface area contributed by atoms with Crippen molar-refractivity contribution in [1.82, 2.24) is 0 Å². The Morgan fingerprint density at radius 3 is 1.27 bits per heavy atom. The van der Waals surface area contributed by atoms with E-state index in [1.807, 2.05) is 24.3 Å². The third kappa shape index (κ3) is 2.60. The largest absolute Gasteiger partial charge is 0.508 e. The SMILES string of the molecule is Oc1ccc([SiH2]c2ccc(O)cc2)cc1. The highest BCUT2D eigenvalue weighted by Crippen LogP contribution is 2.04. The molecule has 0 fully saturated rings. The van der Waals surface area contributed by atoms with Crippen molar-refractivity contribution in [2.45, 2.75) is 0 Å². The van der Waals surface area contributed by atoms with E-state index in [1.54, 1.807) is 24.3 Å². The van der Waals surface area contributed by atoms with Crippen molar-refractivity contribution in [3.05, 3.63) is 48.5 Å². The van der Waals surface area contributed by atoms with E-state index >= 15 is 0 Å². The fraction of sp³-hybridized carbons (Fsp3) is 0. The summed E-state index contributed by atoms with van der Waals surface area (Å²) in [5.41, 5.74) is 0. The lowest BCUT2D eigenvalue weighted by molar-refractivity contribution is 0.475. The van der Waals surface area contributed by atoms with Crippen molar-refractivity contribution < 1.29 is 10.2 Å². The number of phenolic OH excluding ortho intramolecular Hbond substituents is 2. The first-order valence-electron chi connectivity index (χ1n) is 4.80. The summed E-state index contributed by atoms with van der Waals surface area (Å²) >= 11 is 0. The lowest BCUT2D eigenvalue weighted by Crippen LogP contribution is -2.26. The Kier molecular flexibility index (Phi) is 2.74. The van der Waals surface area contributed by atoms with Crippen LogP contribution in [0.4, 0.5) is 0 Å². The minimum Gasteiger partial charge on any atom is -0.508 e. The first-order valence-corrected chi connectivity index (χ1v) is 6.21. The Balaban J connectivity index is 2.15. The third-order valence-electron chi connectivity index (χ3n) is 2.28. The topological polar surface area (TPSA) is 40.5 Å². The number of benzene rings is 2. The average Bonchev–Trinajstić information content (AvgIpc) is 2.25. The first-order chi connectivity index (χ1) is 7.24. The number of phenols is 2. The summed E-state index contributed by atoms with van der Waals surface area (Å²) in [6, 6.07) is 14.7. The van der Waals surface area contributed by atoms with Gasteiger partial charge < -0.3 is 10.2 Å². The molecule has 0 radical (unpaired) electrons. The van der Waals surface area contributed by atoms with Crippen LogP contribution < -0.4 is 10.4 Å². The molecule has 0 spiro atoms. The van der Waals surface area contributed by atoms with Crippen LogP contribution in [0.1, 0.15) is 0 Å². The molecule has 0 saturated carbocycles. The molecule has 3 heteroatoms. The van der Waals surface area contributed by atoms with Crippen molar-refractivity contribution in [2.24, 2.45) is 0 Å². The van der Waals surface area contributed by atoms with Gasteiger partial charge in [0, 0.05) is 0 Å². The smallest absolute Gasteiger partial charge is 0.115 e. The lowest BCUT2D eigenvalue weighted by Gasteiger charge is -2.01. The van der Waals surface area contributed by atoms with Crippen LogP contribution in [0, 0.1) is 0 Å². The molecule has 76 valence electrons. The maximum absolute atomic E-state index is 9.14. The molecule has 0 amide bonds. The van der Waals surface area contributed by atoms with Crippen LogP contribution in [0.2, 0.25) is 0 Å². The Hall–Kier alpha value is -1.74. The van der Waals surface area contributed by atoms with Gasteiger partial charge in [-0.05, 0) is 24.3 Å². The zero-order valence-electron chi connectivity index (χ0n) is 8.22. The van der Waals surface area contributed by atoms with Crippen molar-refractivity contribution in [2.75, 3.05) is 0 Å². The molecule has 0 heterocycles. The molecule has 2 nitrogen and oxygen atoms in total. The normalized spacial score (nSPS) is 10.1. The van der Waals surface area contributed by atoms with E-state index in [9.17, 15) is 0 Å². The number of hydrogen-bond donors (Lipinski definition) is 2. The Morgan fingerprint density at radius 1 is 0.600 bits per heavy atom. The van der Waals surface area contributed by atoms with Crippen LogP contribution >= 0.6 is 0 Å². The van der Waals surface area contributed by atoms with Crippen LogP contribution in [0.3, 0.4) is 0 Å². The summed E-state index contributed by atoms with van der Waals surface area (Å²) in [6.45, 7) is 0. The van der Waals surface area contributed by atoms with E-state index < -0.39 is 9.52 Å². The number of hydrogen-bond acceptors (Lipinski definition) is 2. The summed E-state index contributed by atoms with van der Waals surface area (Å²) in [5.74, 6) is 0.608. The van der Waals surface area contributed by atoms with E-state index in [0.717, 1.165) is 0 Å². The van der Waals surface area contributed by atoms with E-state index in [1.165, 1.54) is 10.4 Å². The van der Waals surface area contributed by atoms with E-state index in [4.69, 9.17) is 10.2 Å². The van der Waals surface area contributed by atoms with E-state index in [0.29, 0.717) is 11.5 Å². The van der Waals surface area contributed by atoms with Crippen LogP contribution in [0.15, 0.2) is 48.5 Å². The van der Waals surface area contributed by atoms with Crippen LogP contribution in [-0.4, -0.2) is 19.7 Å². The van der Waals surface area contributed by atoms with Gasteiger partial charge >= 0.3 is 0 Å². The standard InChI is InChI=1S/C12H12O2Si/c13-9-1-5-11(6-2-9)15-12-7-3-10(14)4-8-12/h1-8,13-14H,15H2. The lowest BCUT2D eigenvalue weighted by atomic mass is 10.3. The molecule has 0 aliphatic carbocycles. The molecular formula is C12H12O2Si. The first kappa shape index (κ1) is 9.80. The highest BCUT2D eigenvalue weighted by molar-refractivity contribution is 6.67. The second kappa shape index (κ2) is 4.19. The van der Waals surface area contributed by atoms with Crippen LogP contribution in [0.5, 0.6) is 11.5 Å². The summed E-state index contributed by atoms with van der Waals surface area (Å²) in [4.78, 5) is 0. The van der Waals surface area contributed by atoms with Gasteiger partial charge in [-0.15, -0.1) is 0 Å². The average molecular weight is 216 g/mol. The molecule has 2 aromatic rings. The quantitative estimate of drug-likeness (QED) is 0.705. The van der Waals surface area contributed by atoms with Crippen molar-refractivity contribution in [1.29, 1.82) is 0 Å². The van der Waals surface area contributed by atoms with E-state index in [2.05, 4.69) is 0 Å². The maximum atomic E-state index is 9.14. The number of rotatable bonds is 2. The minimum absolute atomic E-state index is 0.304. The molecule has 0 aromatic heterocycles. The van der Waals surface area contributed by atoms with Gasteiger partial charge in [0.15, 0.2) is 0 Å². The number of aromatic hydroxyl groups is 2. The fourth-order valence-corrected chi connectivity index (χ4v) is 2.88. The maximum Gasteiger partial charge on any atom is 0.115 e. The van der Waals surface area contributed by atoms with Gasteiger partial charge in [0.25, 0.3) is 0 Å². The highest BCUT2D eigenvalue weighted by atomic mass is 28.2. The van der Waals surface area contributed by atoms with Gasteiger partial charge in [-0.2, -0.15) is 0 Å². The second-order valence-corrected chi connectivity index (χ2v) is 5.50. The third-order valence-corrected chi connectivity index (χ3v) is 4.04. The van der Waals surface area contributed by atoms with Gasteiger partial charge in [0.2, 0.25) is 0 Å². The predicted molar refractivity (Wildman–Crippen MR) is 64.0 cm³/mol. The predicted octanol–water partition coefficient (Wildman–Crippen LogP) is 0.217. The van der Waals surface area contributed by atoms with Gasteiger partial charge in [-0.3, -0.25) is 0 Å². The van der Waals surface area contributed by atoms with Gasteiger partial charge in [-0.25, -0.2) is 0 Å². The molecule has 0 aliphatic rings. The van der Waals surface area contributed by atoms with E-state index in [-0.39, 0.29) is 0 Å². The summed E-state index contributed by atoms with van der Waals surface area (Å²) < 4.78 is 0. The van der Waals surface area contributed by atoms with Crippen molar-refractivity contribution in [3.63, 3.8) is 0 Å². The Labute approximate surface area is 90.7 Å².